The molecule has 0 saturated heterocycles. The van der Waals surface area contributed by atoms with Gasteiger partial charge in [0.2, 0.25) is 5.91 Å². The molecule has 0 atom stereocenters. The summed E-state index contributed by atoms with van der Waals surface area (Å²) in [6, 6.07) is 14.5. The third-order valence-electron chi connectivity index (χ3n) is 5.02. The van der Waals surface area contributed by atoms with Gasteiger partial charge in [0, 0.05) is 13.7 Å². The van der Waals surface area contributed by atoms with Gasteiger partial charge in [-0.05, 0) is 41.7 Å². The van der Waals surface area contributed by atoms with Gasteiger partial charge in [0.1, 0.15) is 5.82 Å². The molecule has 132 valence electrons. The average Bonchev–Trinajstić information content (AvgIpc) is 3.11. The first-order valence-electron chi connectivity index (χ1n) is 8.75. The lowest BCUT2D eigenvalue weighted by Crippen LogP contribution is -2.42. The summed E-state index contributed by atoms with van der Waals surface area (Å²) in [5.74, 6) is -0.295. The fourth-order valence-electron chi connectivity index (χ4n) is 3.76. The number of benzene rings is 2. The second kappa shape index (κ2) is 7.79. The van der Waals surface area contributed by atoms with Crippen LogP contribution in [0, 0.1) is 5.82 Å². The summed E-state index contributed by atoms with van der Waals surface area (Å²) < 4.78 is 18.8. The van der Waals surface area contributed by atoms with Gasteiger partial charge in [-0.1, -0.05) is 49.2 Å². The van der Waals surface area contributed by atoms with Crippen LogP contribution in [0.4, 0.5) is 4.39 Å². The fourth-order valence-corrected chi connectivity index (χ4v) is 3.76. The monoisotopic (exact) mass is 341 g/mol. The lowest BCUT2D eigenvalue weighted by atomic mass is 9.78. The Morgan fingerprint density at radius 1 is 1.12 bits per heavy atom. The molecule has 0 spiro atoms. The van der Waals surface area contributed by atoms with Crippen LogP contribution in [0.25, 0.3) is 0 Å². The van der Waals surface area contributed by atoms with E-state index in [1.54, 1.807) is 13.2 Å². The maximum absolute atomic E-state index is 13.7. The van der Waals surface area contributed by atoms with Gasteiger partial charge in [0.05, 0.1) is 12.0 Å². The van der Waals surface area contributed by atoms with E-state index in [1.165, 1.54) is 12.1 Å². The molecule has 3 nitrogen and oxygen atoms in total. The molecule has 4 heteroatoms. The molecule has 1 N–H and O–H groups in total. The number of methoxy groups -OCH3 is 1. The zero-order valence-corrected chi connectivity index (χ0v) is 14.6. The largest absolute Gasteiger partial charge is 0.380 e. The van der Waals surface area contributed by atoms with E-state index < -0.39 is 5.41 Å². The summed E-state index contributed by atoms with van der Waals surface area (Å²) in [6.45, 7) is 1.02. The third kappa shape index (κ3) is 3.90. The standard InChI is InChI=1S/C21H24FNO2/c1-25-15-17-7-4-6-16(12-17)14-23-20(24)21(10-2-3-11-21)18-8-5-9-19(22)13-18/h4-9,12-13H,2-3,10-11,14-15H2,1H3,(H,23,24). The number of amides is 1. The van der Waals surface area contributed by atoms with Gasteiger partial charge >= 0.3 is 0 Å². The molecular weight excluding hydrogens is 317 g/mol. The Bertz CT molecular complexity index is 738. The van der Waals surface area contributed by atoms with E-state index >= 15 is 0 Å². The van der Waals surface area contributed by atoms with Crippen LogP contribution in [0.3, 0.4) is 0 Å². The van der Waals surface area contributed by atoms with Crippen molar-refractivity contribution in [1.82, 2.24) is 5.32 Å². The van der Waals surface area contributed by atoms with Crippen molar-refractivity contribution in [1.29, 1.82) is 0 Å². The molecule has 1 fully saturated rings. The van der Waals surface area contributed by atoms with Crippen molar-refractivity contribution in [3.8, 4) is 0 Å². The van der Waals surface area contributed by atoms with Crippen molar-refractivity contribution < 1.29 is 13.9 Å². The topological polar surface area (TPSA) is 38.3 Å². The van der Waals surface area contributed by atoms with Crippen molar-refractivity contribution in [2.75, 3.05) is 7.11 Å². The van der Waals surface area contributed by atoms with Gasteiger partial charge < -0.3 is 10.1 Å². The normalized spacial score (nSPS) is 15.9. The zero-order valence-electron chi connectivity index (χ0n) is 14.6. The van der Waals surface area contributed by atoms with E-state index in [1.807, 2.05) is 30.3 Å². The molecule has 1 aliphatic rings. The summed E-state index contributed by atoms with van der Waals surface area (Å²) in [5, 5.41) is 3.07. The highest BCUT2D eigenvalue weighted by atomic mass is 19.1. The summed E-state index contributed by atoms with van der Waals surface area (Å²) >= 11 is 0. The molecule has 2 aromatic rings. The molecule has 0 bridgehead atoms. The van der Waals surface area contributed by atoms with Crippen LogP contribution in [0.1, 0.15) is 42.4 Å². The van der Waals surface area contributed by atoms with E-state index in [0.29, 0.717) is 13.2 Å². The maximum atomic E-state index is 13.7. The molecule has 0 aromatic heterocycles. The van der Waals surface area contributed by atoms with Crippen LogP contribution in [-0.2, 0) is 28.1 Å². The van der Waals surface area contributed by atoms with Crippen LogP contribution < -0.4 is 5.32 Å². The number of hydrogen-bond acceptors (Lipinski definition) is 2. The number of ether oxygens (including phenoxy) is 1. The van der Waals surface area contributed by atoms with Crippen molar-refractivity contribution in [2.24, 2.45) is 0 Å². The van der Waals surface area contributed by atoms with Gasteiger partial charge in [-0.2, -0.15) is 0 Å². The van der Waals surface area contributed by atoms with Crippen LogP contribution in [-0.4, -0.2) is 13.0 Å². The Kier molecular flexibility index (Phi) is 5.49. The van der Waals surface area contributed by atoms with Crippen LogP contribution in [0.2, 0.25) is 0 Å². The number of rotatable bonds is 6. The van der Waals surface area contributed by atoms with Gasteiger partial charge in [-0.25, -0.2) is 4.39 Å². The highest BCUT2D eigenvalue weighted by Gasteiger charge is 2.42. The average molecular weight is 341 g/mol. The van der Waals surface area contributed by atoms with Crippen molar-refractivity contribution in [3.63, 3.8) is 0 Å². The Labute approximate surface area is 148 Å². The van der Waals surface area contributed by atoms with Gasteiger partial charge in [0.25, 0.3) is 0 Å². The Balaban J connectivity index is 1.75. The predicted octanol–water partition coefficient (Wildman–Crippen LogP) is 4.10. The predicted molar refractivity (Wildman–Crippen MR) is 95.5 cm³/mol. The molecule has 25 heavy (non-hydrogen) atoms. The molecule has 1 amide bonds. The van der Waals surface area contributed by atoms with E-state index in [9.17, 15) is 9.18 Å². The highest BCUT2D eigenvalue weighted by molar-refractivity contribution is 5.88. The Hall–Kier alpha value is -2.20. The second-order valence-electron chi connectivity index (χ2n) is 6.74. The Morgan fingerprint density at radius 2 is 1.84 bits per heavy atom. The van der Waals surface area contributed by atoms with E-state index in [2.05, 4.69) is 5.32 Å². The van der Waals surface area contributed by atoms with Crippen molar-refractivity contribution >= 4 is 5.91 Å². The lowest BCUT2D eigenvalue weighted by molar-refractivity contribution is -0.126. The summed E-state index contributed by atoms with van der Waals surface area (Å²) in [7, 11) is 1.66. The van der Waals surface area contributed by atoms with Crippen LogP contribution in [0.5, 0.6) is 0 Å². The fraction of sp³-hybridized carbons (Fsp3) is 0.381. The summed E-state index contributed by atoms with van der Waals surface area (Å²) in [6.07, 6.45) is 3.53. The van der Waals surface area contributed by atoms with E-state index in [4.69, 9.17) is 4.74 Å². The minimum Gasteiger partial charge on any atom is -0.380 e. The zero-order chi connectivity index (χ0) is 17.7. The highest BCUT2D eigenvalue weighted by Crippen LogP contribution is 2.41. The van der Waals surface area contributed by atoms with E-state index in [-0.39, 0.29) is 11.7 Å². The maximum Gasteiger partial charge on any atom is 0.230 e. The lowest BCUT2D eigenvalue weighted by Gasteiger charge is -2.28. The molecule has 0 aliphatic heterocycles. The molecule has 0 heterocycles. The van der Waals surface area contributed by atoms with Gasteiger partial charge in [-0.3, -0.25) is 4.79 Å². The molecule has 3 rings (SSSR count). The number of hydrogen-bond donors (Lipinski definition) is 1. The second-order valence-corrected chi connectivity index (χ2v) is 6.74. The first kappa shape index (κ1) is 17.6. The van der Waals surface area contributed by atoms with Crippen LogP contribution >= 0.6 is 0 Å². The molecule has 1 aliphatic carbocycles. The third-order valence-corrected chi connectivity index (χ3v) is 5.02. The number of halogens is 1. The van der Waals surface area contributed by atoms with Gasteiger partial charge in [-0.15, -0.1) is 0 Å². The molecular formula is C21H24FNO2. The number of nitrogens with one attached hydrogen (secondary N) is 1. The smallest absolute Gasteiger partial charge is 0.230 e. The van der Waals surface area contributed by atoms with Gasteiger partial charge in [0.15, 0.2) is 0 Å². The molecule has 0 radical (unpaired) electrons. The minimum absolute atomic E-state index is 0.00672. The van der Waals surface area contributed by atoms with Crippen LogP contribution in [0.15, 0.2) is 48.5 Å². The number of carbonyl (C=O) groups excluding carboxylic acids is 1. The quantitative estimate of drug-likeness (QED) is 0.859. The summed E-state index contributed by atoms with van der Waals surface area (Å²) in [5.41, 5.74) is 2.30. The molecule has 0 unspecified atom stereocenters. The van der Waals surface area contributed by atoms with E-state index in [0.717, 1.165) is 42.4 Å². The number of carbonyl (C=O) groups is 1. The van der Waals surface area contributed by atoms with Crippen molar-refractivity contribution in [3.05, 3.63) is 71.0 Å². The first-order chi connectivity index (χ1) is 12.1. The first-order valence-corrected chi connectivity index (χ1v) is 8.75. The minimum atomic E-state index is -0.605. The Morgan fingerprint density at radius 3 is 2.56 bits per heavy atom. The van der Waals surface area contributed by atoms with Crippen molar-refractivity contribution in [2.45, 2.75) is 44.2 Å². The summed E-state index contributed by atoms with van der Waals surface area (Å²) in [4.78, 5) is 13.0. The SMILES string of the molecule is COCc1cccc(CNC(=O)C2(c3cccc(F)c3)CCCC2)c1. The molecule has 1 saturated carbocycles. The molecule has 2 aromatic carbocycles.